The molecule has 3 rings (SSSR count). The standard InChI is InChI=1S/C15H18N4O3/c1-10(20)16-9-11-4-6-19(7-5-11)15(21)12-2-3-13-14(8-12)18-22-17-13/h2-3,8,11H,4-7,9H2,1H3,(H,16,20). The predicted octanol–water partition coefficient (Wildman–Crippen LogP) is 1.21. The van der Waals surface area contributed by atoms with Gasteiger partial charge in [0.05, 0.1) is 0 Å². The monoisotopic (exact) mass is 302 g/mol. The van der Waals surface area contributed by atoms with Gasteiger partial charge in [0, 0.05) is 32.1 Å². The molecule has 116 valence electrons. The maximum atomic E-state index is 12.5. The average molecular weight is 302 g/mol. The third-order valence-corrected chi connectivity index (χ3v) is 4.04. The molecule has 0 bridgehead atoms. The van der Waals surface area contributed by atoms with Gasteiger partial charge < -0.3 is 10.2 Å². The van der Waals surface area contributed by atoms with Crippen molar-refractivity contribution in [1.82, 2.24) is 20.5 Å². The highest BCUT2D eigenvalue weighted by Crippen LogP contribution is 2.20. The molecule has 2 heterocycles. The molecule has 0 saturated carbocycles. The lowest BCUT2D eigenvalue weighted by Crippen LogP contribution is -2.41. The van der Waals surface area contributed by atoms with Gasteiger partial charge in [0.25, 0.3) is 5.91 Å². The van der Waals surface area contributed by atoms with Crippen molar-refractivity contribution in [2.75, 3.05) is 19.6 Å². The zero-order valence-electron chi connectivity index (χ0n) is 12.4. The Kier molecular flexibility index (Phi) is 4.04. The Bertz CT molecular complexity index is 689. The Morgan fingerprint density at radius 2 is 2.00 bits per heavy atom. The first kappa shape index (κ1) is 14.5. The number of nitrogens with zero attached hydrogens (tertiary/aromatic N) is 3. The van der Waals surface area contributed by atoms with Crippen LogP contribution in [0.25, 0.3) is 11.0 Å². The number of nitrogens with one attached hydrogen (secondary N) is 1. The molecular formula is C15H18N4O3. The SMILES string of the molecule is CC(=O)NCC1CCN(C(=O)c2ccc3nonc3c2)CC1. The van der Waals surface area contributed by atoms with Crippen LogP contribution in [-0.4, -0.2) is 46.7 Å². The Morgan fingerprint density at radius 1 is 1.27 bits per heavy atom. The van der Waals surface area contributed by atoms with Crippen molar-refractivity contribution in [3.05, 3.63) is 23.8 Å². The van der Waals surface area contributed by atoms with Crippen molar-refractivity contribution in [2.45, 2.75) is 19.8 Å². The van der Waals surface area contributed by atoms with E-state index in [2.05, 4.69) is 20.3 Å². The summed E-state index contributed by atoms with van der Waals surface area (Å²) in [4.78, 5) is 25.3. The van der Waals surface area contributed by atoms with Crippen LogP contribution in [-0.2, 0) is 4.79 Å². The maximum absolute atomic E-state index is 12.5. The number of carbonyl (C=O) groups is 2. The fraction of sp³-hybridized carbons (Fsp3) is 0.467. The summed E-state index contributed by atoms with van der Waals surface area (Å²) < 4.78 is 4.65. The van der Waals surface area contributed by atoms with Crippen LogP contribution >= 0.6 is 0 Å². The molecule has 0 spiro atoms. The number of carbonyl (C=O) groups excluding carboxylic acids is 2. The van der Waals surface area contributed by atoms with Crippen LogP contribution in [0.3, 0.4) is 0 Å². The van der Waals surface area contributed by atoms with E-state index >= 15 is 0 Å². The smallest absolute Gasteiger partial charge is 0.253 e. The normalized spacial score (nSPS) is 16.0. The quantitative estimate of drug-likeness (QED) is 0.920. The number of aromatic nitrogens is 2. The molecule has 1 fully saturated rings. The summed E-state index contributed by atoms with van der Waals surface area (Å²) in [5, 5.41) is 10.3. The molecule has 0 aliphatic carbocycles. The molecule has 0 radical (unpaired) electrons. The average Bonchev–Trinajstić information content (AvgIpc) is 3.00. The first-order valence-corrected chi connectivity index (χ1v) is 7.39. The number of hydrogen-bond donors (Lipinski definition) is 1. The lowest BCUT2D eigenvalue weighted by atomic mass is 9.96. The Labute approximate surface area is 127 Å². The molecule has 0 atom stereocenters. The molecule has 22 heavy (non-hydrogen) atoms. The molecule has 2 aromatic rings. The molecule has 7 heteroatoms. The van der Waals surface area contributed by atoms with Crippen LogP contribution in [0, 0.1) is 5.92 Å². The summed E-state index contributed by atoms with van der Waals surface area (Å²) in [7, 11) is 0. The van der Waals surface area contributed by atoms with Gasteiger partial charge in [-0.2, -0.15) is 0 Å². The third kappa shape index (κ3) is 3.08. The highest BCUT2D eigenvalue weighted by atomic mass is 16.6. The molecule has 2 amide bonds. The molecule has 1 saturated heterocycles. The molecule has 1 N–H and O–H groups in total. The van der Waals surface area contributed by atoms with E-state index in [0.29, 0.717) is 42.1 Å². The molecule has 1 aromatic carbocycles. The van der Waals surface area contributed by atoms with Crippen LogP contribution in [0.2, 0.25) is 0 Å². The van der Waals surface area contributed by atoms with Gasteiger partial charge in [-0.1, -0.05) is 0 Å². The van der Waals surface area contributed by atoms with Gasteiger partial charge in [0.1, 0.15) is 11.0 Å². The summed E-state index contributed by atoms with van der Waals surface area (Å²) in [5.74, 6) is 0.436. The van der Waals surface area contributed by atoms with Gasteiger partial charge in [-0.25, -0.2) is 4.63 Å². The highest BCUT2D eigenvalue weighted by Gasteiger charge is 2.24. The Balaban J connectivity index is 1.60. The minimum atomic E-state index is -0.00645. The van der Waals surface area contributed by atoms with Crippen LogP contribution in [0.4, 0.5) is 0 Å². The van der Waals surface area contributed by atoms with E-state index in [-0.39, 0.29) is 11.8 Å². The maximum Gasteiger partial charge on any atom is 0.253 e. The predicted molar refractivity (Wildman–Crippen MR) is 79.1 cm³/mol. The minimum absolute atomic E-state index is 0.00266. The van der Waals surface area contributed by atoms with Crippen molar-refractivity contribution in [3.63, 3.8) is 0 Å². The number of likely N-dealkylation sites (tertiary alicyclic amines) is 1. The van der Waals surface area contributed by atoms with Gasteiger partial charge in [-0.3, -0.25) is 9.59 Å². The zero-order valence-corrected chi connectivity index (χ0v) is 12.4. The zero-order chi connectivity index (χ0) is 15.5. The topological polar surface area (TPSA) is 88.3 Å². The first-order valence-electron chi connectivity index (χ1n) is 7.39. The minimum Gasteiger partial charge on any atom is -0.356 e. The summed E-state index contributed by atoms with van der Waals surface area (Å²) in [6, 6.07) is 5.19. The number of hydrogen-bond acceptors (Lipinski definition) is 5. The van der Waals surface area contributed by atoms with Crippen molar-refractivity contribution in [3.8, 4) is 0 Å². The van der Waals surface area contributed by atoms with E-state index < -0.39 is 0 Å². The van der Waals surface area contributed by atoms with Gasteiger partial charge in [0.2, 0.25) is 5.91 Å². The first-order chi connectivity index (χ1) is 10.6. The number of amides is 2. The summed E-state index contributed by atoms with van der Waals surface area (Å²) in [6.07, 6.45) is 1.81. The van der Waals surface area contributed by atoms with Gasteiger partial charge in [-0.05, 0) is 47.3 Å². The summed E-state index contributed by atoms with van der Waals surface area (Å²) >= 11 is 0. The number of piperidine rings is 1. The van der Waals surface area contributed by atoms with E-state index in [1.54, 1.807) is 18.2 Å². The molecule has 7 nitrogen and oxygen atoms in total. The fourth-order valence-corrected chi connectivity index (χ4v) is 2.73. The lowest BCUT2D eigenvalue weighted by Gasteiger charge is -2.32. The van der Waals surface area contributed by atoms with Crippen molar-refractivity contribution in [1.29, 1.82) is 0 Å². The van der Waals surface area contributed by atoms with Crippen LogP contribution in [0.15, 0.2) is 22.8 Å². The van der Waals surface area contributed by atoms with Crippen LogP contribution in [0.1, 0.15) is 30.1 Å². The number of benzene rings is 1. The Hall–Kier alpha value is -2.44. The Morgan fingerprint density at radius 3 is 2.73 bits per heavy atom. The van der Waals surface area contributed by atoms with E-state index in [4.69, 9.17) is 0 Å². The van der Waals surface area contributed by atoms with Crippen molar-refractivity contribution >= 4 is 22.8 Å². The van der Waals surface area contributed by atoms with Crippen LogP contribution < -0.4 is 5.32 Å². The van der Waals surface area contributed by atoms with Crippen LogP contribution in [0.5, 0.6) is 0 Å². The second-order valence-electron chi connectivity index (χ2n) is 5.64. The lowest BCUT2D eigenvalue weighted by molar-refractivity contribution is -0.119. The number of rotatable bonds is 3. The van der Waals surface area contributed by atoms with Gasteiger partial charge in [-0.15, -0.1) is 0 Å². The molecular weight excluding hydrogens is 284 g/mol. The fourth-order valence-electron chi connectivity index (χ4n) is 2.73. The van der Waals surface area contributed by atoms with E-state index in [0.717, 1.165) is 12.8 Å². The molecule has 1 aliphatic rings. The number of fused-ring (bicyclic) bond motifs is 1. The van der Waals surface area contributed by atoms with E-state index in [1.165, 1.54) is 6.92 Å². The van der Waals surface area contributed by atoms with Gasteiger partial charge in [0.15, 0.2) is 0 Å². The van der Waals surface area contributed by atoms with E-state index in [9.17, 15) is 9.59 Å². The second-order valence-corrected chi connectivity index (χ2v) is 5.64. The molecule has 1 aromatic heterocycles. The second kappa shape index (κ2) is 6.13. The third-order valence-electron chi connectivity index (χ3n) is 4.04. The largest absolute Gasteiger partial charge is 0.356 e. The van der Waals surface area contributed by atoms with Crippen molar-refractivity contribution < 1.29 is 14.2 Å². The highest BCUT2D eigenvalue weighted by molar-refractivity contribution is 5.97. The molecule has 0 unspecified atom stereocenters. The molecule has 1 aliphatic heterocycles. The van der Waals surface area contributed by atoms with E-state index in [1.807, 2.05) is 4.90 Å². The van der Waals surface area contributed by atoms with Crippen molar-refractivity contribution in [2.24, 2.45) is 5.92 Å². The summed E-state index contributed by atoms with van der Waals surface area (Å²) in [5.41, 5.74) is 1.83. The summed E-state index contributed by atoms with van der Waals surface area (Å²) in [6.45, 7) is 3.62. The van der Waals surface area contributed by atoms with Gasteiger partial charge >= 0.3 is 0 Å².